The maximum atomic E-state index is 13.6. The predicted molar refractivity (Wildman–Crippen MR) is 69.6 cm³/mol. The highest BCUT2D eigenvalue weighted by Crippen LogP contribution is 2.15. The smallest absolute Gasteiger partial charge is 0.130 e. The van der Waals surface area contributed by atoms with Crippen molar-refractivity contribution in [1.29, 1.82) is 0 Å². The second-order valence-electron chi connectivity index (χ2n) is 4.82. The summed E-state index contributed by atoms with van der Waals surface area (Å²) in [7, 11) is 1.90. The van der Waals surface area contributed by atoms with E-state index in [0.29, 0.717) is 18.7 Å². The highest BCUT2D eigenvalue weighted by molar-refractivity contribution is 5.23. The molecule has 2 rings (SSSR count). The highest BCUT2D eigenvalue weighted by Gasteiger charge is 2.11. The van der Waals surface area contributed by atoms with Gasteiger partial charge in [0, 0.05) is 36.0 Å². The van der Waals surface area contributed by atoms with Crippen LogP contribution in [0, 0.1) is 25.5 Å². The number of aromatic nitrogens is 2. The van der Waals surface area contributed by atoms with Crippen molar-refractivity contribution in [2.75, 3.05) is 7.05 Å². The normalized spacial score (nSPS) is 11.3. The Morgan fingerprint density at radius 3 is 2.53 bits per heavy atom. The zero-order chi connectivity index (χ0) is 14.0. The van der Waals surface area contributed by atoms with E-state index in [0.717, 1.165) is 23.0 Å². The lowest BCUT2D eigenvalue weighted by atomic mass is 10.1. The van der Waals surface area contributed by atoms with Gasteiger partial charge in [-0.05, 0) is 27.0 Å². The first kappa shape index (κ1) is 13.7. The molecule has 0 atom stereocenters. The van der Waals surface area contributed by atoms with Crippen LogP contribution in [0.1, 0.15) is 22.5 Å². The molecule has 1 aromatic heterocycles. The van der Waals surface area contributed by atoms with Crippen LogP contribution >= 0.6 is 0 Å². The Bertz CT molecular complexity index is 559. The average molecular weight is 265 g/mol. The number of nitrogens with zero attached hydrogens (tertiary/aromatic N) is 2. The summed E-state index contributed by atoms with van der Waals surface area (Å²) in [5, 5.41) is 7.05. The van der Waals surface area contributed by atoms with Crippen LogP contribution < -0.4 is 0 Å². The Morgan fingerprint density at radius 2 is 1.95 bits per heavy atom. The number of halogens is 2. The van der Waals surface area contributed by atoms with Gasteiger partial charge in [-0.3, -0.25) is 10.00 Å². The van der Waals surface area contributed by atoms with Crippen LogP contribution in [0.25, 0.3) is 0 Å². The minimum absolute atomic E-state index is 0.427. The van der Waals surface area contributed by atoms with Gasteiger partial charge < -0.3 is 0 Å². The van der Waals surface area contributed by atoms with E-state index in [2.05, 4.69) is 10.2 Å². The fraction of sp³-hybridized carbons (Fsp3) is 0.357. The van der Waals surface area contributed by atoms with Crippen LogP contribution in [0.15, 0.2) is 18.2 Å². The Balaban J connectivity index is 2.07. The lowest BCUT2D eigenvalue weighted by Crippen LogP contribution is -2.18. The summed E-state index contributed by atoms with van der Waals surface area (Å²) >= 11 is 0. The molecule has 0 radical (unpaired) electrons. The number of hydrogen-bond donors (Lipinski definition) is 1. The molecule has 1 aromatic carbocycles. The van der Waals surface area contributed by atoms with Crippen molar-refractivity contribution in [1.82, 2.24) is 15.1 Å². The second kappa shape index (κ2) is 5.48. The molecule has 0 aliphatic rings. The molecule has 0 unspecified atom stereocenters. The van der Waals surface area contributed by atoms with E-state index >= 15 is 0 Å². The van der Waals surface area contributed by atoms with Crippen LogP contribution in [-0.4, -0.2) is 22.1 Å². The largest absolute Gasteiger partial charge is 0.298 e. The van der Waals surface area contributed by atoms with Crippen molar-refractivity contribution in [2.45, 2.75) is 26.9 Å². The van der Waals surface area contributed by atoms with Gasteiger partial charge in [0.05, 0.1) is 5.69 Å². The molecule has 19 heavy (non-hydrogen) atoms. The summed E-state index contributed by atoms with van der Waals surface area (Å²) in [6, 6.07) is 3.67. The van der Waals surface area contributed by atoms with Crippen molar-refractivity contribution in [3.63, 3.8) is 0 Å². The third kappa shape index (κ3) is 3.17. The van der Waals surface area contributed by atoms with E-state index in [4.69, 9.17) is 0 Å². The van der Waals surface area contributed by atoms with Crippen molar-refractivity contribution in [3.05, 3.63) is 52.3 Å². The maximum absolute atomic E-state index is 13.6. The fourth-order valence-electron chi connectivity index (χ4n) is 2.07. The van der Waals surface area contributed by atoms with E-state index in [1.165, 1.54) is 12.1 Å². The molecule has 1 heterocycles. The third-order valence-corrected chi connectivity index (χ3v) is 3.16. The third-order valence-electron chi connectivity index (χ3n) is 3.16. The second-order valence-corrected chi connectivity index (χ2v) is 4.82. The Kier molecular flexibility index (Phi) is 3.95. The molecule has 0 amide bonds. The Labute approximate surface area is 111 Å². The Morgan fingerprint density at radius 1 is 1.21 bits per heavy atom. The molecule has 0 saturated heterocycles. The van der Waals surface area contributed by atoms with Crippen molar-refractivity contribution in [2.24, 2.45) is 0 Å². The standard InChI is InChI=1S/C14H17F2N3/c1-9-13(10(2)18-17-9)8-19(3)7-11-4-5-12(15)6-14(11)16/h4-6H,7-8H2,1-3H3,(H,17,18). The molecular weight excluding hydrogens is 248 g/mol. The number of rotatable bonds is 4. The van der Waals surface area contributed by atoms with Gasteiger partial charge in [-0.1, -0.05) is 6.07 Å². The van der Waals surface area contributed by atoms with Crippen LogP contribution in [0.4, 0.5) is 8.78 Å². The van der Waals surface area contributed by atoms with Crippen molar-refractivity contribution >= 4 is 0 Å². The van der Waals surface area contributed by atoms with E-state index in [-0.39, 0.29) is 0 Å². The van der Waals surface area contributed by atoms with Gasteiger partial charge in [0.25, 0.3) is 0 Å². The molecule has 0 aliphatic heterocycles. The predicted octanol–water partition coefficient (Wildman–Crippen LogP) is 2.94. The number of aryl methyl sites for hydroxylation is 2. The number of nitrogens with one attached hydrogen (secondary N) is 1. The number of H-pyrrole nitrogens is 1. The van der Waals surface area contributed by atoms with E-state index in [1.807, 2.05) is 25.8 Å². The van der Waals surface area contributed by atoms with E-state index in [1.54, 1.807) is 0 Å². The summed E-state index contributed by atoms with van der Waals surface area (Å²) < 4.78 is 26.4. The Hall–Kier alpha value is -1.75. The monoisotopic (exact) mass is 265 g/mol. The molecule has 0 spiro atoms. The quantitative estimate of drug-likeness (QED) is 0.921. The fourth-order valence-corrected chi connectivity index (χ4v) is 2.07. The van der Waals surface area contributed by atoms with Gasteiger partial charge in [0.1, 0.15) is 11.6 Å². The van der Waals surface area contributed by atoms with Gasteiger partial charge in [-0.25, -0.2) is 8.78 Å². The zero-order valence-corrected chi connectivity index (χ0v) is 11.3. The summed E-state index contributed by atoms with van der Waals surface area (Å²) in [4.78, 5) is 1.97. The topological polar surface area (TPSA) is 31.9 Å². The van der Waals surface area contributed by atoms with Gasteiger partial charge in [0.2, 0.25) is 0 Å². The minimum atomic E-state index is -0.551. The molecule has 2 aromatic rings. The average Bonchev–Trinajstić information content (AvgIpc) is 2.65. The lowest BCUT2D eigenvalue weighted by molar-refractivity contribution is 0.312. The molecule has 0 bridgehead atoms. The van der Waals surface area contributed by atoms with Gasteiger partial charge >= 0.3 is 0 Å². The molecule has 3 nitrogen and oxygen atoms in total. The first-order valence-electron chi connectivity index (χ1n) is 6.10. The van der Waals surface area contributed by atoms with Crippen molar-refractivity contribution in [3.8, 4) is 0 Å². The molecule has 0 fully saturated rings. The molecule has 102 valence electrons. The maximum Gasteiger partial charge on any atom is 0.130 e. The first-order valence-corrected chi connectivity index (χ1v) is 6.10. The van der Waals surface area contributed by atoms with Crippen LogP contribution in [-0.2, 0) is 13.1 Å². The number of hydrogen-bond acceptors (Lipinski definition) is 2. The van der Waals surface area contributed by atoms with Gasteiger partial charge in [-0.2, -0.15) is 5.10 Å². The molecular formula is C14H17F2N3. The molecule has 0 saturated carbocycles. The first-order chi connectivity index (χ1) is 8.97. The van der Waals surface area contributed by atoms with Crippen LogP contribution in [0.2, 0.25) is 0 Å². The van der Waals surface area contributed by atoms with Crippen LogP contribution in [0.3, 0.4) is 0 Å². The number of benzene rings is 1. The van der Waals surface area contributed by atoms with Gasteiger partial charge in [0.15, 0.2) is 0 Å². The summed E-state index contributed by atoms with van der Waals surface area (Å²) in [6.07, 6.45) is 0. The van der Waals surface area contributed by atoms with Crippen molar-refractivity contribution < 1.29 is 8.78 Å². The SMILES string of the molecule is Cc1n[nH]c(C)c1CN(C)Cc1ccc(F)cc1F. The zero-order valence-electron chi connectivity index (χ0n) is 11.3. The van der Waals surface area contributed by atoms with Crippen LogP contribution in [0.5, 0.6) is 0 Å². The van der Waals surface area contributed by atoms with E-state index in [9.17, 15) is 8.78 Å². The summed E-state index contributed by atoms with van der Waals surface area (Å²) in [6.45, 7) is 4.99. The molecule has 0 aliphatic carbocycles. The summed E-state index contributed by atoms with van der Waals surface area (Å²) in [5.41, 5.74) is 3.57. The van der Waals surface area contributed by atoms with Gasteiger partial charge in [-0.15, -0.1) is 0 Å². The highest BCUT2D eigenvalue weighted by atomic mass is 19.1. The molecule has 5 heteroatoms. The lowest BCUT2D eigenvalue weighted by Gasteiger charge is -2.17. The molecule has 1 N–H and O–H groups in total. The van der Waals surface area contributed by atoms with E-state index < -0.39 is 11.6 Å². The number of aromatic amines is 1. The minimum Gasteiger partial charge on any atom is -0.298 e. The summed E-state index contributed by atoms with van der Waals surface area (Å²) in [5.74, 6) is -1.06.